The van der Waals surface area contributed by atoms with Gasteiger partial charge in [0, 0.05) is 24.9 Å². The number of nitrogens with one attached hydrogen (secondary N) is 1. The Labute approximate surface area is 154 Å². The number of hydrogen-bond donors (Lipinski definition) is 2. The van der Waals surface area contributed by atoms with Gasteiger partial charge in [-0.2, -0.15) is 0 Å². The van der Waals surface area contributed by atoms with Crippen molar-refractivity contribution in [3.63, 3.8) is 0 Å². The fraction of sp³-hybridized carbons (Fsp3) is 0.600. The van der Waals surface area contributed by atoms with Gasteiger partial charge in [-0.3, -0.25) is 4.79 Å². The maximum absolute atomic E-state index is 12.6. The van der Waals surface area contributed by atoms with Crippen LogP contribution in [0.15, 0.2) is 24.3 Å². The molecular weight excluding hydrogens is 334 g/mol. The van der Waals surface area contributed by atoms with E-state index in [-0.39, 0.29) is 30.8 Å². The van der Waals surface area contributed by atoms with E-state index in [9.17, 15) is 14.7 Å². The minimum atomic E-state index is -1.29. The van der Waals surface area contributed by atoms with Crippen LogP contribution in [0.2, 0.25) is 0 Å². The molecule has 3 unspecified atom stereocenters. The van der Waals surface area contributed by atoms with E-state index in [1.807, 2.05) is 52.0 Å². The van der Waals surface area contributed by atoms with Crippen molar-refractivity contribution in [3.05, 3.63) is 29.8 Å². The van der Waals surface area contributed by atoms with Gasteiger partial charge >= 0.3 is 5.97 Å². The van der Waals surface area contributed by atoms with Gasteiger partial charge in [0.15, 0.2) is 0 Å². The molecule has 1 saturated carbocycles. The lowest BCUT2D eigenvalue weighted by Crippen LogP contribution is -2.76. The molecule has 1 aliphatic carbocycles. The molecule has 6 heteroatoms. The molecule has 1 amide bonds. The summed E-state index contributed by atoms with van der Waals surface area (Å²) in [5, 5.41) is 12.6. The van der Waals surface area contributed by atoms with E-state index >= 15 is 0 Å². The first-order valence-electron chi connectivity index (χ1n) is 8.98. The van der Waals surface area contributed by atoms with Gasteiger partial charge in [0.05, 0.1) is 13.2 Å². The number of benzene rings is 1. The zero-order chi connectivity index (χ0) is 19.5. The third kappa shape index (κ3) is 3.56. The molecule has 0 saturated heterocycles. The van der Waals surface area contributed by atoms with Crippen LogP contribution in [0.5, 0.6) is 5.75 Å². The number of carbonyl (C=O) groups is 2. The molecular formula is C20H29NO5. The fourth-order valence-electron chi connectivity index (χ4n) is 3.67. The number of aliphatic carboxylic acids is 1. The highest BCUT2D eigenvalue weighted by Gasteiger charge is 2.66. The van der Waals surface area contributed by atoms with Gasteiger partial charge in [-0.1, -0.05) is 32.9 Å². The van der Waals surface area contributed by atoms with Crippen LogP contribution in [0.1, 0.15) is 52.0 Å². The van der Waals surface area contributed by atoms with Crippen molar-refractivity contribution in [1.82, 2.24) is 5.32 Å². The molecule has 3 atom stereocenters. The summed E-state index contributed by atoms with van der Waals surface area (Å²) in [7, 11) is 1.60. The number of carboxylic acids is 1. The van der Waals surface area contributed by atoms with Crippen LogP contribution in [0, 0.1) is 5.41 Å². The summed E-state index contributed by atoms with van der Waals surface area (Å²) < 4.78 is 10.8. The van der Waals surface area contributed by atoms with E-state index in [2.05, 4.69) is 5.32 Å². The summed E-state index contributed by atoms with van der Waals surface area (Å²) in [5.41, 5.74) is -0.995. The van der Waals surface area contributed by atoms with Gasteiger partial charge in [0.25, 0.3) is 0 Å². The Hall–Kier alpha value is -2.08. The number of carbonyl (C=O) groups excluding carboxylic acids is 1. The van der Waals surface area contributed by atoms with Crippen LogP contribution in [-0.4, -0.2) is 42.3 Å². The second-order valence-corrected chi connectivity index (χ2v) is 7.51. The van der Waals surface area contributed by atoms with E-state index in [1.165, 1.54) is 0 Å². The van der Waals surface area contributed by atoms with E-state index in [1.54, 1.807) is 7.11 Å². The average molecular weight is 363 g/mol. The van der Waals surface area contributed by atoms with Gasteiger partial charge in [0.2, 0.25) is 5.91 Å². The molecule has 0 radical (unpaired) electrons. The van der Waals surface area contributed by atoms with Gasteiger partial charge in [-0.15, -0.1) is 0 Å². The fourth-order valence-corrected chi connectivity index (χ4v) is 3.67. The lowest BCUT2D eigenvalue weighted by molar-refractivity contribution is -0.194. The normalized spacial score (nSPS) is 25.0. The molecule has 0 aliphatic heterocycles. The van der Waals surface area contributed by atoms with Crippen LogP contribution in [-0.2, 0) is 14.3 Å². The molecule has 0 bridgehead atoms. The lowest BCUT2D eigenvalue weighted by Gasteiger charge is -2.58. The first-order valence-corrected chi connectivity index (χ1v) is 8.98. The molecule has 1 aliphatic rings. The summed E-state index contributed by atoms with van der Waals surface area (Å²) in [6.07, 6.45) is 0.305. The number of rotatable bonds is 8. The minimum Gasteiger partial charge on any atom is -0.497 e. The number of ether oxygens (including phenoxy) is 2. The number of amides is 1. The maximum atomic E-state index is 12.6. The first kappa shape index (κ1) is 20.2. The summed E-state index contributed by atoms with van der Waals surface area (Å²) >= 11 is 0. The molecule has 1 fully saturated rings. The predicted octanol–water partition coefficient (Wildman–Crippen LogP) is 2.96. The molecule has 1 aromatic rings. The highest BCUT2D eigenvalue weighted by Crippen LogP contribution is 2.51. The first-order chi connectivity index (χ1) is 12.2. The summed E-state index contributed by atoms with van der Waals surface area (Å²) in [5.74, 6) is -0.607. The maximum Gasteiger partial charge on any atom is 0.330 e. The molecule has 0 spiro atoms. The van der Waals surface area contributed by atoms with E-state index in [0.29, 0.717) is 6.61 Å². The molecule has 2 rings (SSSR count). The second kappa shape index (κ2) is 7.66. The number of hydrogen-bond acceptors (Lipinski definition) is 4. The van der Waals surface area contributed by atoms with Crippen molar-refractivity contribution in [3.8, 4) is 5.75 Å². The van der Waals surface area contributed by atoms with E-state index < -0.39 is 16.9 Å². The van der Waals surface area contributed by atoms with Crippen molar-refractivity contribution in [2.75, 3.05) is 13.7 Å². The van der Waals surface area contributed by atoms with Crippen molar-refractivity contribution < 1.29 is 24.2 Å². The third-order valence-corrected chi connectivity index (χ3v) is 5.64. The number of methoxy groups -OCH3 is 1. The molecule has 6 nitrogen and oxygen atoms in total. The lowest BCUT2D eigenvalue weighted by atomic mass is 9.54. The molecule has 0 aromatic heterocycles. The molecule has 144 valence electrons. The van der Waals surface area contributed by atoms with Crippen molar-refractivity contribution in [2.24, 2.45) is 5.41 Å². The Balaban J connectivity index is 2.08. The molecule has 1 aromatic carbocycles. The molecule has 26 heavy (non-hydrogen) atoms. The molecule has 2 N–H and O–H groups in total. The van der Waals surface area contributed by atoms with Crippen LogP contribution in [0.25, 0.3) is 0 Å². The predicted molar refractivity (Wildman–Crippen MR) is 98.3 cm³/mol. The summed E-state index contributed by atoms with van der Waals surface area (Å²) in [6, 6.07) is 7.55. The SMILES string of the molecule is CCOC1CC(NC(=O)CC(C)c2cccc(OC)c2)(C(=O)O)C1(C)C. The van der Waals surface area contributed by atoms with Gasteiger partial charge in [-0.25, -0.2) is 4.79 Å². The summed E-state index contributed by atoms with van der Waals surface area (Å²) in [6.45, 7) is 8.00. The van der Waals surface area contributed by atoms with Gasteiger partial charge in [-0.05, 0) is 30.5 Å². The van der Waals surface area contributed by atoms with Crippen molar-refractivity contribution in [1.29, 1.82) is 0 Å². The average Bonchev–Trinajstić information content (AvgIpc) is 2.60. The van der Waals surface area contributed by atoms with E-state index in [0.717, 1.165) is 11.3 Å². The topological polar surface area (TPSA) is 84.9 Å². The van der Waals surface area contributed by atoms with E-state index in [4.69, 9.17) is 9.47 Å². The monoisotopic (exact) mass is 363 g/mol. The highest BCUT2D eigenvalue weighted by atomic mass is 16.5. The molecule has 0 heterocycles. The largest absolute Gasteiger partial charge is 0.497 e. The van der Waals surface area contributed by atoms with Gasteiger partial charge in [0.1, 0.15) is 11.3 Å². The van der Waals surface area contributed by atoms with Crippen LogP contribution in [0.4, 0.5) is 0 Å². The Kier molecular flexibility index (Phi) is 5.96. The standard InChI is InChI=1S/C20H29NO5/c1-6-26-16-12-20(18(23)24,19(16,3)4)21-17(22)10-13(2)14-8-7-9-15(11-14)25-5/h7-9,11,13,16H,6,10,12H2,1-5H3,(H,21,22)(H,23,24). The van der Waals surface area contributed by atoms with Crippen LogP contribution < -0.4 is 10.1 Å². The second-order valence-electron chi connectivity index (χ2n) is 7.51. The Morgan fingerprint density at radius 2 is 2.08 bits per heavy atom. The Morgan fingerprint density at radius 1 is 1.38 bits per heavy atom. The quantitative estimate of drug-likeness (QED) is 0.742. The number of carboxylic acid groups (broad SMARTS) is 1. The van der Waals surface area contributed by atoms with Crippen LogP contribution in [0.3, 0.4) is 0 Å². The van der Waals surface area contributed by atoms with Gasteiger partial charge < -0.3 is 19.9 Å². The Morgan fingerprint density at radius 3 is 2.62 bits per heavy atom. The van der Waals surface area contributed by atoms with Crippen molar-refractivity contribution in [2.45, 2.75) is 58.1 Å². The highest BCUT2D eigenvalue weighted by molar-refractivity contribution is 5.89. The summed E-state index contributed by atoms with van der Waals surface area (Å²) in [4.78, 5) is 24.6. The van der Waals surface area contributed by atoms with Crippen molar-refractivity contribution >= 4 is 11.9 Å². The Bertz CT molecular complexity index is 672. The smallest absolute Gasteiger partial charge is 0.330 e. The minimum absolute atomic E-state index is 0.0539. The third-order valence-electron chi connectivity index (χ3n) is 5.64. The zero-order valence-corrected chi connectivity index (χ0v) is 16.2. The zero-order valence-electron chi connectivity index (χ0n) is 16.2. The van der Waals surface area contributed by atoms with Crippen LogP contribution >= 0.6 is 0 Å².